The second-order valence-corrected chi connectivity index (χ2v) is 8.26. The van der Waals surface area contributed by atoms with Crippen LogP contribution < -0.4 is 5.32 Å². The van der Waals surface area contributed by atoms with E-state index in [9.17, 15) is 0 Å². The quantitative estimate of drug-likeness (QED) is 0.699. The van der Waals surface area contributed by atoms with Gasteiger partial charge in [-0.25, -0.2) is 0 Å². The maximum absolute atomic E-state index is 5.61. The third kappa shape index (κ3) is 2.77. The molecule has 0 aliphatic carbocycles. The Hall–Kier alpha value is 0.530. The van der Waals surface area contributed by atoms with Crippen LogP contribution in [0.1, 0.15) is 12.8 Å². The van der Waals surface area contributed by atoms with E-state index < -0.39 is 6.49 Å². The van der Waals surface area contributed by atoms with Gasteiger partial charge >= 0.3 is 0 Å². The molecule has 0 aromatic rings. The van der Waals surface area contributed by atoms with Crippen LogP contribution in [-0.4, -0.2) is 33.0 Å². The van der Waals surface area contributed by atoms with E-state index in [0.717, 1.165) is 32.2 Å². The van der Waals surface area contributed by atoms with Crippen molar-refractivity contribution in [2.75, 3.05) is 33.0 Å². The normalized spacial score (nSPS) is 41.1. The average Bonchev–Trinajstić information content (AvgIpc) is 2.19. The lowest BCUT2D eigenvalue weighted by Crippen LogP contribution is -2.36. The van der Waals surface area contributed by atoms with Gasteiger partial charge in [0.15, 0.2) is 6.49 Å². The Morgan fingerprint density at radius 3 is 2.29 bits per heavy atom. The summed E-state index contributed by atoms with van der Waals surface area (Å²) in [4.78, 5) is 0. The first-order chi connectivity index (χ1) is 6.67. The summed E-state index contributed by atoms with van der Waals surface area (Å²) < 4.78 is 11.2. The Kier molecular flexibility index (Phi) is 3.61. The molecule has 0 unspecified atom stereocenters. The first-order valence-corrected chi connectivity index (χ1v) is 8.33. The minimum Gasteiger partial charge on any atom is -0.329 e. The van der Waals surface area contributed by atoms with E-state index in [1.807, 2.05) is 6.66 Å². The van der Waals surface area contributed by atoms with Crippen LogP contribution in [0.3, 0.4) is 0 Å². The zero-order valence-corrected chi connectivity index (χ0v) is 10.3. The van der Waals surface area contributed by atoms with Gasteiger partial charge in [0.25, 0.3) is 0 Å². The Bertz CT molecular complexity index is 231. The van der Waals surface area contributed by atoms with Crippen molar-refractivity contribution >= 4 is 18.3 Å². The van der Waals surface area contributed by atoms with E-state index in [-0.39, 0.29) is 0 Å². The molecule has 2 saturated heterocycles. The number of hydrogen-bond acceptors (Lipinski definition) is 4. The van der Waals surface area contributed by atoms with Crippen LogP contribution in [0.25, 0.3) is 0 Å². The van der Waals surface area contributed by atoms with Crippen molar-refractivity contribution in [1.82, 2.24) is 5.32 Å². The van der Waals surface area contributed by atoms with Crippen LogP contribution >= 0.6 is 6.49 Å². The molecule has 0 bridgehead atoms. The molecule has 2 aliphatic rings. The van der Waals surface area contributed by atoms with Crippen LogP contribution in [-0.2, 0) is 20.9 Å². The second kappa shape index (κ2) is 4.58. The number of piperidine rings is 1. The van der Waals surface area contributed by atoms with Crippen molar-refractivity contribution in [3.8, 4) is 0 Å². The molecule has 5 heteroatoms. The molecule has 0 atom stereocenters. The van der Waals surface area contributed by atoms with Gasteiger partial charge in [-0.15, -0.1) is 0 Å². The van der Waals surface area contributed by atoms with Gasteiger partial charge < -0.3 is 14.4 Å². The van der Waals surface area contributed by atoms with Crippen LogP contribution in [0.15, 0.2) is 0 Å². The fourth-order valence-electron chi connectivity index (χ4n) is 2.14. The summed E-state index contributed by atoms with van der Waals surface area (Å²) in [5, 5.41) is 3.37. The number of nitrogens with one attached hydrogen (secondary N) is 1. The van der Waals surface area contributed by atoms with Crippen molar-refractivity contribution in [2.24, 2.45) is 11.8 Å². The average molecular weight is 235 g/mol. The second-order valence-electron chi connectivity index (χ2n) is 4.21. The minimum absolute atomic E-state index is 0.577. The zero-order chi connectivity index (χ0) is 10.0. The molecule has 1 N–H and O–H groups in total. The molecule has 0 aromatic carbocycles. The highest BCUT2D eigenvalue weighted by atomic mass is 32.5. The molecule has 2 fully saturated rings. The molecule has 2 rings (SSSR count). The fourth-order valence-corrected chi connectivity index (χ4v) is 3.50. The lowest BCUT2D eigenvalue weighted by atomic mass is 9.86. The molecule has 2 aliphatic heterocycles. The van der Waals surface area contributed by atoms with Gasteiger partial charge in [-0.2, -0.15) is 0 Å². The Balaban J connectivity index is 1.85. The van der Waals surface area contributed by atoms with E-state index in [0.29, 0.717) is 5.92 Å². The molecular weight excluding hydrogens is 217 g/mol. The summed E-state index contributed by atoms with van der Waals surface area (Å²) in [5.74, 6) is 1.35. The van der Waals surface area contributed by atoms with E-state index >= 15 is 0 Å². The summed E-state index contributed by atoms with van der Waals surface area (Å²) in [6.07, 6.45) is 2.51. The molecule has 0 spiro atoms. The summed E-state index contributed by atoms with van der Waals surface area (Å²) in [6, 6.07) is 0. The number of rotatable bonds is 1. The Morgan fingerprint density at radius 1 is 1.14 bits per heavy atom. The lowest BCUT2D eigenvalue weighted by molar-refractivity contribution is 0.0709. The maximum atomic E-state index is 5.61. The molecule has 0 amide bonds. The van der Waals surface area contributed by atoms with Gasteiger partial charge in [0.1, 0.15) is 0 Å². The highest BCUT2D eigenvalue weighted by molar-refractivity contribution is 8.09. The third-order valence-corrected chi connectivity index (χ3v) is 4.97. The first kappa shape index (κ1) is 11.0. The monoisotopic (exact) mass is 235 g/mol. The topological polar surface area (TPSA) is 30.5 Å². The molecule has 14 heavy (non-hydrogen) atoms. The summed E-state index contributed by atoms with van der Waals surface area (Å²) in [6.45, 7) is 3.98. The van der Waals surface area contributed by atoms with Crippen molar-refractivity contribution in [3.63, 3.8) is 0 Å². The van der Waals surface area contributed by atoms with E-state index in [4.69, 9.17) is 20.9 Å². The molecule has 3 nitrogen and oxygen atoms in total. The Morgan fingerprint density at radius 2 is 1.71 bits per heavy atom. The largest absolute Gasteiger partial charge is 0.329 e. The van der Waals surface area contributed by atoms with E-state index in [2.05, 4.69) is 5.32 Å². The SMILES string of the molecule is CP1(=S)OCC(C2CCNCC2)CO1. The number of hydrogen-bond donors (Lipinski definition) is 1. The lowest BCUT2D eigenvalue weighted by Gasteiger charge is -2.36. The van der Waals surface area contributed by atoms with Gasteiger partial charge in [0.2, 0.25) is 0 Å². The fraction of sp³-hybridized carbons (Fsp3) is 1.00. The van der Waals surface area contributed by atoms with Crippen molar-refractivity contribution in [3.05, 3.63) is 0 Å². The minimum atomic E-state index is -1.86. The van der Waals surface area contributed by atoms with Crippen molar-refractivity contribution in [2.45, 2.75) is 12.8 Å². The summed E-state index contributed by atoms with van der Waals surface area (Å²) >= 11 is 5.20. The van der Waals surface area contributed by atoms with Crippen LogP contribution in [0.5, 0.6) is 0 Å². The smallest absolute Gasteiger partial charge is 0.185 e. The van der Waals surface area contributed by atoms with Crippen molar-refractivity contribution < 1.29 is 9.05 Å². The summed E-state index contributed by atoms with van der Waals surface area (Å²) in [7, 11) is 0. The van der Waals surface area contributed by atoms with Crippen molar-refractivity contribution in [1.29, 1.82) is 0 Å². The predicted octanol–water partition coefficient (Wildman–Crippen LogP) is 1.59. The molecule has 0 aromatic heterocycles. The van der Waals surface area contributed by atoms with Gasteiger partial charge in [0.05, 0.1) is 13.2 Å². The van der Waals surface area contributed by atoms with Gasteiger partial charge in [-0.1, -0.05) is 0 Å². The predicted molar refractivity (Wildman–Crippen MR) is 61.2 cm³/mol. The highest BCUT2D eigenvalue weighted by Crippen LogP contribution is 2.49. The van der Waals surface area contributed by atoms with Gasteiger partial charge in [-0.05, 0) is 43.7 Å². The molecule has 82 valence electrons. The first-order valence-electron chi connectivity index (χ1n) is 5.25. The maximum Gasteiger partial charge on any atom is 0.185 e. The van der Waals surface area contributed by atoms with E-state index in [1.165, 1.54) is 12.8 Å². The van der Waals surface area contributed by atoms with Gasteiger partial charge in [0, 0.05) is 12.6 Å². The third-order valence-electron chi connectivity index (χ3n) is 3.10. The molecular formula is C9H18NO2PS. The summed E-state index contributed by atoms with van der Waals surface area (Å²) in [5.41, 5.74) is 0. The molecule has 2 heterocycles. The van der Waals surface area contributed by atoms with Crippen LogP contribution in [0.4, 0.5) is 0 Å². The molecule has 0 radical (unpaired) electrons. The van der Waals surface area contributed by atoms with E-state index in [1.54, 1.807) is 0 Å². The van der Waals surface area contributed by atoms with Crippen LogP contribution in [0.2, 0.25) is 0 Å². The zero-order valence-electron chi connectivity index (χ0n) is 8.57. The molecule has 0 saturated carbocycles. The van der Waals surface area contributed by atoms with Gasteiger partial charge in [-0.3, -0.25) is 0 Å². The Labute approximate surface area is 90.7 Å². The standard InChI is InChI=1S/C9H18NO2PS/c1-13(14)11-6-9(7-12-13)8-2-4-10-5-3-8/h8-10H,2-7H2,1H3. The van der Waals surface area contributed by atoms with Crippen LogP contribution in [0, 0.1) is 11.8 Å². The highest BCUT2D eigenvalue weighted by Gasteiger charge is 2.30.